The number of thiazole rings is 1. The Morgan fingerprint density at radius 2 is 2.25 bits per heavy atom. The van der Waals surface area contributed by atoms with E-state index in [0.29, 0.717) is 18.5 Å². The van der Waals surface area contributed by atoms with Crippen LogP contribution in [0.2, 0.25) is 0 Å². The fraction of sp³-hybridized carbons (Fsp3) is 0.538. The van der Waals surface area contributed by atoms with E-state index in [-0.39, 0.29) is 18.7 Å². The molecule has 1 amide bonds. The Balaban J connectivity index is 1.85. The van der Waals surface area contributed by atoms with Gasteiger partial charge >= 0.3 is 6.18 Å². The largest absolute Gasteiger partial charge is 0.391 e. The van der Waals surface area contributed by atoms with Crippen LogP contribution in [0.1, 0.15) is 31.4 Å². The van der Waals surface area contributed by atoms with Gasteiger partial charge in [0.05, 0.1) is 17.1 Å². The second-order valence-electron chi connectivity index (χ2n) is 4.86. The number of aromatic nitrogens is 1. The van der Waals surface area contributed by atoms with Crippen LogP contribution >= 0.6 is 11.3 Å². The van der Waals surface area contributed by atoms with Gasteiger partial charge in [0.1, 0.15) is 0 Å². The molecule has 0 spiro atoms. The third kappa shape index (κ3) is 4.33. The number of alkyl halides is 3. The first-order chi connectivity index (χ1) is 9.45. The maximum absolute atomic E-state index is 12.7. The minimum absolute atomic E-state index is 0.0280. The first-order valence-corrected chi connectivity index (χ1v) is 7.33. The normalized spacial score (nSPS) is 23.9. The molecule has 1 aromatic rings. The van der Waals surface area contributed by atoms with Crippen LogP contribution in [0, 0.1) is 5.92 Å². The van der Waals surface area contributed by atoms with Crippen LogP contribution in [-0.4, -0.2) is 23.1 Å². The summed E-state index contributed by atoms with van der Waals surface area (Å²) < 4.78 is 38.0. The van der Waals surface area contributed by atoms with Crippen molar-refractivity contribution in [3.63, 3.8) is 0 Å². The number of rotatable bonds is 3. The molecule has 1 heterocycles. The molecule has 0 radical (unpaired) electrons. The van der Waals surface area contributed by atoms with E-state index in [9.17, 15) is 18.0 Å². The van der Waals surface area contributed by atoms with Crippen LogP contribution in [-0.2, 0) is 4.79 Å². The third-order valence-corrected chi connectivity index (χ3v) is 3.95. The van der Waals surface area contributed by atoms with Gasteiger partial charge in [-0.2, -0.15) is 13.2 Å². The molecule has 1 aliphatic carbocycles. The van der Waals surface area contributed by atoms with Gasteiger partial charge in [0.25, 0.3) is 0 Å². The average Bonchev–Trinajstić information content (AvgIpc) is 2.89. The summed E-state index contributed by atoms with van der Waals surface area (Å²) in [7, 11) is 0. The van der Waals surface area contributed by atoms with E-state index in [2.05, 4.69) is 10.3 Å². The van der Waals surface area contributed by atoms with Gasteiger partial charge in [-0.05, 0) is 25.3 Å². The molecule has 1 aliphatic rings. The van der Waals surface area contributed by atoms with Gasteiger partial charge < -0.3 is 5.32 Å². The highest BCUT2D eigenvalue weighted by atomic mass is 32.1. The van der Waals surface area contributed by atoms with Gasteiger partial charge in [-0.3, -0.25) is 4.79 Å². The zero-order chi connectivity index (χ0) is 14.6. The zero-order valence-corrected chi connectivity index (χ0v) is 11.5. The molecule has 0 aromatic carbocycles. The number of nitrogens with zero attached hydrogens (tertiary/aromatic N) is 1. The van der Waals surface area contributed by atoms with Crippen LogP contribution in [0.3, 0.4) is 0 Å². The lowest BCUT2D eigenvalue weighted by molar-refractivity contribution is -0.184. The minimum Gasteiger partial charge on any atom is -0.350 e. The van der Waals surface area contributed by atoms with Gasteiger partial charge in [-0.1, -0.05) is 6.42 Å². The Kier molecular flexibility index (Phi) is 4.80. The standard InChI is InChI=1S/C13H15F3N2OS/c14-13(15,16)9-2-1-3-10(6-9)18-12(19)5-4-11-7-20-8-17-11/h4-5,7-10H,1-3,6H2,(H,18,19). The van der Waals surface area contributed by atoms with Crippen LogP contribution in [0.15, 0.2) is 17.0 Å². The molecule has 2 rings (SSSR count). The molecule has 1 aromatic heterocycles. The lowest BCUT2D eigenvalue weighted by Gasteiger charge is -2.30. The summed E-state index contributed by atoms with van der Waals surface area (Å²) in [6.07, 6.45) is -0.0832. The van der Waals surface area contributed by atoms with Crippen molar-refractivity contribution in [2.75, 3.05) is 0 Å². The fourth-order valence-corrected chi connectivity index (χ4v) is 2.86. The van der Waals surface area contributed by atoms with Crippen molar-refractivity contribution in [2.45, 2.75) is 37.9 Å². The molecule has 7 heteroatoms. The molecule has 0 bridgehead atoms. The van der Waals surface area contributed by atoms with Crippen molar-refractivity contribution in [3.8, 4) is 0 Å². The smallest absolute Gasteiger partial charge is 0.350 e. The summed E-state index contributed by atoms with van der Waals surface area (Å²) in [5, 5.41) is 4.42. The Morgan fingerprint density at radius 3 is 2.90 bits per heavy atom. The van der Waals surface area contributed by atoms with Crippen molar-refractivity contribution in [1.29, 1.82) is 0 Å². The Hall–Kier alpha value is -1.37. The number of hydrogen-bond acceptors (Lipinski definition) is 3. The summed E-state index contributed by atoms with van der Waals surface area (Å²) in [5.74, 6) is -1.67. The maximum atomic E-state index is 12.7. The number of halogens is 3. The molecule has 1 saturated carbocycles. The summed E-state index contributed by atoms with van der Waals surface area (Å²) in [6.45, 7) is 0. The Morgan fingerprint density at radius 1 is 1.45 bits per heavy atom. The van der Waals surface area contributed by atoms with E-state index >= 15 is 0 Å². The monoisotopic (exact) mass is 304 g/mol. The molecular weight excluding hydrogens is 289 g/mol. The molecule has 110 valence electrons. The van der Waals surface area contributed by atoms with Crippen molar-refractivity contribution in [2.24, 2.45) is 5.92 Å². The van der Waals surface area contributed by atoms with Crippen molar-refractivity contribution < 1.29 is 18.0 Å². The van der Waals surface area contributed by atoms with E-state index < -0.39 is 18.1 Å². The highest BCUT2D eigenvalue weighted by Crippen LogP contribution is 2.37. The fourth-order valence-electron chi connectivity index (χ4n) is 2.33. The van der Waals surface area contributed by atoms with E-state index in [4.69, 9.17) is 0 Å². The number of carbonyl (C=O) groups excluding carboxylic acids is 1. The molecule has 20 heavy (non-hydrogen) atoms. The van der Waals surface area contributed by atoms with Gasteiger partial charge in [0.2, 0.25) is 5.91 Å². The minimum atomic E-state index is -4.17. The number of nitrogens with one attached hydrogen (secondary N) is 1. The molecule has 0 aliphatic heterocycles. The summed E-state index contributed by atoms with van der Waals surface area (Å²) in [6, 6.07) is -0.400. The number of amides is 1. The van der Waals surface area contributed by atoms with Gasteiger partial charge in [-0.15, -0.1) is 11.3 Å². The molecule has 2 atom stereocenters. The Bertz CT molecular complexity index is 470. The summed E-state index contributed by atoms with van der Waals surface area (Å²) in [4.78, 5) is 15.6. The zero-order valence-electron chi connectivity index (χ0n) is 10.7. The molecule has 0 saturated heterocycles. The quantitative estimate of drug-likeness (QED) is 0.870. The van der Waals surface area contributed by atoms with Crippen molar-refractivity contribution >= 4 is 23.3 Å². The lowest BCUT2D eigenvalue weighted by atomic mass is 9.85. The number of carbonyl (C=O) groups is 1. The van der Waals surface area contributed by atoms with Crippen LogP contribution in [0.5, 0.6) is 0 Å². The van der Waals surface area contributed by atoms with E-state index in [1.807, 2.05) is 0 Å². The van der Waals surface area contributed by atoms with Crippen LogP contribution < -0.4 is 5.32 Å². The van der Waals surface area contributed by atoms with E-state index in [1.54, 1.807) is 17.0 Å². The van der Waals surface area contributed by atoms with E-state index in [0.717, 1.165) is 0 Å². The van der Waals surface area contributed by atoms with Crippen molar-refractivity contribution in [3.05, 3.63) is 22.7 Å². The summed E-state index contributed by atoms with van der Waals surface area (Å²) >= 11 is 1.41. The molecule has 3 nitrogen and oxygen atoms in total. The third-order valence-electron chi connectivity index (χ3n) is 3.34. The highest BCUT2D eigenvalue weighted by Gasteiger charge is 2.42. The molecular formula is C13H15F3N2OS. The topological polar surface area (TPSA) is 42.0 Å². The lowest BCUT2D eigenvalue weighted by Crippen LogP contribution is -2.41. The van der Waals surface area contributed by atoms with Crippen LogP contribution in [0.25, 0.3) is 6.08 Å². The first kappa shape index (κ1) is 15.0. The average molecular weight is 304 g/mol. The summed E-state index contributed by atoms with van der Waals surface area (Å²) in [5.41, 5.74) is 2.31. The SMILES string of the molecule is O=C(C=Cc1cscn1)NC1CCCC(C(F)(F)F)C1. The Labute approximate surface area is 118 Å². The second kappa shape index (κ2) is 6.39. The highest BCUT2D eigenvalue weighted by molar-refractivity contribution is 7.07. The van der Waals surface area contributed by atoms with E-state index in [1.165, 1.54) is 17.4 Å². The van der Waals surface area contributed by atoms with Gasteiger partial charge in [0.15, 0.2) is 0 Å². The van der Waals surface area contributed by atoms with Crippen molar-refractivity contribution in [1.82, 2.24) is 10.3 Å². The maximum Gasteiger partial charge on any atom is 0.391 e. The predicted octanol–water partition coefficient (Wildman–Crippen LogP) is 3.39. The first-order valence-electron chi connectivity index (χ1n) is 6.38. The number of hydrogen-bond donors (Lipinski definition) is 1. The molecule has 1 N–H and O–H groups in total. The van der Waals surface area contributed by atoms with Gasteiger partial charge in [0, 0.05) is 17.5 Å². The molecule has 1 fully saturated rings. The predicted molar refractivity (Wildman–Crippen MR) is 71.1 cm³/mol. The van der Waals surface area contributed by atoms with Gasteiger partial charge in [-0.25, -0.2) is 4.98 Å². The van der Waals surface area contributed by atoms with Crippen LogP contribution in [0.4, 0.5) is 13.2 Å². The molecule has 2 unspecified atom stereocenters. The second-order valence-corrected chi connectivity index (χ2v) is 5.58.